The van der Waals surface area contributed by atoms with Crippen LogP contribution in [0, 0.1) is 0 Å². The van der Waals surface area contributed by atoms with Gasteiger partial charge in [0.2, 0.25) is 0 Å². The Labute approximate surface area is 54.9 Å². The van der Waals surface area contributed by atoms with Gasteiger partial charge in [0.1, 0.15) is 0 Å². The van der Waals surface area contributed by atoms with Gasteiger partial charge in [0, 0.05) is 0 Å². The van der Waals surface area contributed by atoms with Crippen LogP contribution in [0.2, 0.25) is 0 Å². The van der Waals surface area contributed by atoms with Crippen molar-refractivity contribution in [2.45, 2.75) is 0 Å². The molecule has 0 aliphatic carbocycles. The molecule has 0 radical (unpaired) electrons. The Morgan fingerprint density at radius 3 is 2.86 bits per heavy atom. The maximum atomic E-state index is 3.38. The van der Waals surface area contributed by atoms with Gasteiger partial charge in [0.05, 0.1) is 0 Å². The SMILES string of the molecule is CN1CCN[I-]C1. The maximum absolute atomic E-state index is 3.38. The van der Waals surface area contributed by atoms with Crippen molar-refractivity contribution in [2.75, 3.05) is 24.7 Å². The Kier molecular flexibility index (Phi) is 2.34. The zero-order valence-corrected chi connectivity index (χ0v) is 6.60. The van der Waals surface area contributed by atoms with E-state index in [0.717, 1.165) is 0 Å². The van der Waals surface area contributed by atoms with E-state index in [9.17, 15) is 0 Å². The van der Waals surface area contributed by atoms with Gasteiger partial charge in [-0.25, -0.2) is 0 Å². The van der Waals surface area contributed by atoms with E-state index in [4.69, 9.17) is 0 Å². The third-order valence-corrected chi connectivity index (χ3v) is 3.53. The van der Waals surface area contributed by atoms with Crippen molar-refractivity contribution in [1.82, 2.24) is 8.43 Å². The third-order valence-electron chi connectivity index (χ3n) is 0.946. The van der Waals surface area contributed by atoms with Crippen LogP contribution in [0.25, 0.3) is 0 Å². The van der Waals surface area contributed by atoms with Crippen LogP contribution >= 0.6 is 0 Å². The summed E-state index contributed by atoms with van der Waals surface area (Å²) in [5.41, 5.74) is 0. The van der Waals surface area contributed by atoms with Gasteiger partial charge in [-0.3, -0.25) is 0 Å². The fourth-order valence-corrected chi connectivity index (χ4v) is 2.29. The minimum absolute atomic E-state index is 0.350. The van der Waals surface area contributed by atoms with E-state index in [-0.39, 0.29) is 0 Å². The van der Waals surface area contributed by atoms with Crippen LogP contribution in [0.4, 0.5) is 0 Å². The molecular weight excluding hydrogens is 203 g/mol. The molecule has 0 atom stereocenters. The number of halogens is 1. The van der Waals surface area contributed by atoms with E-state index in [2.05, 4.69) is 15.5 Å². The van der Waals surface area contributed by atoms with Crippen LogP contribution in [0.5, 0.6) is 0 Å². The van der Waals surface area contributed by atoms with Gasteiger partial charge in [0.25, 0.3) is 0 Å². The molecule has 7 heavy (non-hydrogen) atoms. The molecule has 0 aromatic carbocycles. The summed E-state index contributed by atoms with van der Waals surface area (Å²) < 4.78 is 4.70. The summed E-state index contributed by atoms with van der Waals surface area (Å²) in [6.45, 7) is 2.45. The van der Waals surface area contributed by atoms with E-state index in [1.165, 1.54) is 17.6 Å². The molecule has 1 aliphatic rings. The molecule has 3 heteroatoms. The summed E-state index contributed by atoms with van der Waals surface area (Å²) in [5, 5.41) is 0. The number of nitrogens with zero attached hydrogens (tertiary/aromatic N) is 1. The van der Waals surface area contributed by atoms with Crippen molar-refractivity contribution < 1.29 is 21.5 Å². The Morgan fingerprint density at radius 2 is 2.57 bits per heavy atom. The van der Waals surface area contributed by atoms with Crippen molar-refractivity contribution in [2.24, 2.45) is 0 Å². The van der Waals surface area contributed by atoms with Gasteiger partial charge in [-0.15, -0.1) is 0 Å². The molecule has 0 aromatic rings. The number of likely N-dealkylation sites (N-methyl/N-ethyl adjacent to an activating group) is 1. The molecule has 1 rings (SSSR count). The van der Waals surface area contributed by atoms with Gasteiger partial charge < -0.3 is 0 Å². The topological polar surface area (TPSA) is 15.3 Å². The summed E-state index contributed by atoms with van der Waals surface area (Å²) in [5.74, 6) is 0. The van der Waals surface area contributed by atoms with Crippen molar-refractivity contribution in [3.8, 4) is 0 Å². The van der Waals surface area contributed by atoms with Crippen LogP contribution in [0.1, 0.15) is 0 Å². The zero-order chi connectivity index (χ0) is 5.11. The number of alkyl halides is 1. The first-order chi connectivity index (χ1) is 3.39. The number of hydrogen-bond donors (Lipinski definition) is 1. The summed E-state index contributed by atoms with van der Waals surface area (Å²) in [7, 11) is 2.18. The Balaban J connectivity index is 2.12. The average Bonchev–Trinajstić information content (AvgIpc) is 1.69. The second-order valence-electron chi connectivity index (χ2n) is 1.72. The average molecular weight is 213 g/mol. The minimum atomic E-state index is 0.350. The molecule has 1 saturated heterocycles. The molecule has 0 saturated carbocycles. The quantitative estimate of drug-likeness (QED) is 0.194. The second kappa shape index (κ2) is 2.84. The van der Waals surface area contributed by atoms with E-state index in [1.807, 2.05) is 0 Å². The van der Waals surface area contributed by atoms with Crippen molar-refractivity contribution in [3.63, 3.8) is 0 Å². The van der Waals surface area contributed by atoms with E-state index >= 15 is 0 Å². The van der Waals surface area contributed by atoms with Crippen LogP contribution in [-0.2, 0) is 0 Å². The van der Waals surface area contributed by atoms with Crippen LogP contribution in [-0.4, -0.2) is 29.6 Å². The molecule has 0 amide bonds. The molecule has 0 unspecified atom stereocenters. The summed E-state index contributed by atoms with van der Waals surface area (Å²) in [6, 6.07) is 0. The third kappa shape index (κ3) is 1.92. The molecule has 0 bridgehead atoms. The van der Waals surface area contributed by atoms with E-state index < -0.39 is 0 Å². The molecule has 0 aromatic heterocycles. The van der Waals surface area contributed by atoms with Gasteiger partial charge in [-0.2, -0.15) is 0 Å². The van der Waals surface area contributed by atoms with Crippen molar-refractivity contribution >= 4 is 0 Å². The van der Waals surface area contributed by atoms with Gasteiger partial charge in [-0.1, -0.05) is 0 Å². The first-order valence-electron chi connectivity index (χ1n) is 2.39. The fourth-order valence-electron chi connectivity index (χ4n) is 0.504. The summed E-state index contributed by atoms with van der Waals surface area (Å²) >= 11 is 0.350. The van der Waals surface area contributed by atoms with Crippen molar-refractivity contribution in [3.05, 3.63) is 0 Å². The first kappa shape index (κ1) is 5.78. The van der Waals surface area contributed by atoms with Gasteiger partial charge in [0.15, 0.2) is 0 Å². The van der Waals surface area contributed by atoms with Crippen LogP contribution in [0.15, 0.2) is 0 Å². The number of nitrogens with one attached hydrogen (secondary N) is 1. The Bertz CT molecular complexity index is 51.7. The van der Waals surface area contributed by atoms with Crippen LogP contribution in [0.3, 0.4) is 0 Å². The van der Waals surface area contributed by atoms with E-state index in [1.54, 1.807) is 0 Å². The Hall–Kier alpha value is 0.650. The number of rotatable bonds is 0. The summed E-state index contributed by atoms with van der Waals surface area (Å²) in [6.07, 6.45) is 0. The molecule has 44 valence electrons. The molecule has 2 nitrogen and oxygen atoms in total. The summed E-state index contributed by atoms with van der Waals surface area (Å²) in [4.78, 5) is 2.38. The standard InChI is InChI=1S/C4H10IN2/c1-7-3-2-6-5-4-7/h6H,2-4H2,1H3/q-1. The normalized spacial score (nSPS) is 26.4. The number of hydrogen-bond acceptors (Lipinski definition) is 2. The molecule has 1 aliphatic heterocycles. The van der Waals surface area contributed by atoms with Gasteiger partial charge >= 0.3 is 54.6 Å². The zero-order valence-electron chi connectivity index (χ0n) is 4.45. The monoisotopic (exact) mass is 213 g/mol. The fraction of sp³-hybridized carbons (Fsp3) is 1.00. The molecule has 0 spiro atoms. The molecule has 1 fully saturated rings. The van der Waals surface area contributed by atoms with Gasteiger partial charge in [-0.05, 0) is 0 Å². The van der Waals surface area contributed by atoms with Crippen LogP contribution < -0.4 is 25.0 Å². The van der Waals surface area contributed by atoms with Crippen molar-refractivity contribution in [1.29, 1.82) is 0 Å². The second-order valence-corrected chi connectivity index (χ2v) is 3.92. The predicted octanol–water partition coefficient (Wildman–Crippen LogP) is -3.52. The first-order valence-corrected chi connectivity index (χ1v) is 4.99. The predicted molar refractivity (Wildman–Crippen MR) is 25.5 cm³/mol. The molecular formula is C4H10IN2-. The van der Waals surface area contributed by atoms with E-state index in [0.29, 0.717) is 21.5 Å². The Morgan fingerprint density at radius 1 is 1.71 bits per heavy atom. The molecule has 1 N–H and O–H groups in total. The molecule has 1 heterocycles.